The van der Waals surface area contributed by atoms with Gasteiger partial charge in [-0.3, -0.25) is 9.59 Å². The summed E-state index contributed by atoms with van der Waals surface area (Å²) in [6.07, 6.45) is 1.75. The molecule has 3 aromatic rings. The van der Waals surface area contributed by atoms with Gasteiger partial charge in [-0.1, -0.05) is 43.0 Å². The lowest BCUT2D eigenvalue weighted by molar-refractivity contribution is -0.146. The van der Waals surface area contributed by atoms with Gasteiger partial charge in [0.05, 0.1) is 24.9 Å². The summed E-state index contributed by atoms with van der Waals surface area (Å²) in [5.74, 6) is -1.44. The summed E-state index contributed by atoms with van der Waals surface area (Å²) in [4.78, 5) is 26.5. The molecule has 160 valence electrons. The minimum absolute atomic E-state index is 0.153. The van der Waals surface area contributed by atoms with Gasteiger partial charge in [0.25, 0.3) is 5.91 Å². The average molecular weight is 419 g/mol. The fourth-order valence-corrected chi connectivity index (χ4v) is 3.20. The molecule has 0 aliphatic heterocycles. The van der Waals surface area contributed by atoms with Gasteiger partial charge in [-0.15, -0.1) is 5.10 Å². The zero-order chi connectivity index (χ0) is 22.4. The van der Waals surface area contributed by atoms with E-state index in [1.165, 1.54) is 18.1 Å². The Labute approximate surface area is 180 Å². The highest BCUT2D eigenvalue weighted by atomic mass is 16.5. The topological polar surface area (TPSA) is 112 Å². The second-order valence-electron chi connectivity index (χ2n) is 7.18. The van der Waals surface area contributed by atoms with Crippen LogP contribution in [0.2, 0.25) is 0 Å². The predicted molar refractivity (Wildman–Crippen MR) is 117 cm³/mol. The molecule has 2 unspecified atom stereocenters. The molecule has 1 amide bonds. The van der Waals surface area contributed by atoms with Gasteiger partial charge < -0.3 is 15.8 Å². The van der Waals surface area contributed by atoms with Crippen LogP contribution in [-0.2, 0) is 16.0 Å². The Morgan fingerprint density at radius 1 is 1.19 bits per heavy atom. The lowest BCUT2D eigenvalue weighted by atomic mass is 9.92. The Morgan fingerprint density at radius 2 is 1.94 bits per heavy atom. The number of carbonyl (C=O) groups excluding carboxylic acids is 2. The second-order valence-corrected chi connectivity index (χ2v) is 7.18. The first kappa shape index (κ1) is 21.8. The highest BCUT2D eigenvalue weighted by Crippen LogP contribution is 2.18. The van der Waals surface area contributed by atoms with E-state index < -0.39 is 23.8 Å². The van der Waals surface area contributed by atoms with Gasteiger partial charge in [0.2, 0.25) is 0 Å². The molecule has 0 saturated carbocycles. The molecule has 0 radical (unpaired) electrons. The molecular formula is C23H25N5O3. The first-order valence-corrected chi connectivity index (χ1v) is 9.79. The maximum Gasteiger partial charge on any atom is 0.311 e. The van der Waals surface area contributed by atoms with Gasteiger partial charge >= 0.3 is 5.97 Å². The van der Waals surface area contributed by atoms with Crippen molar-refractivity contribution in [3.8, 4) is 5.69 Å². The molecule has 0 aliphatic carbocycles. The van der Waals surface area contributed by atoms with Crippen molar-refractivity contribution in [3.63, 3.8) is 0 Å². The van der Waals surface area contributed by atoms with Crippen LogP contribution in [0, 0.1) is 5.92 Å². The van der Waals surface area contributed by atoms with Crippen LogP contribution < -0.4 is 11.1 Å². The first-order valence-electron chi connectivity index (χ1n) is 9.79. The molecule has 3 N–H and O–H groups in total. The number of para-hydroxylation sites is 1. The van der Waals surface area contributed by atoms with Gasteiger partial charge in [-0.2, -0.15) is 9.90 Å². The monoisotopic (exact) mass is 419 g/mol. The van der Waals surface area contributed by atoms with Crippen molar-refractivity contribution in [3.05, 3.63) is 84.2 Å². The predicted octanol–water partition coefficient (Wildman–Crippen LogP) is 2.35. The lowest BCUT2D eigenvalue weighted by Crippen LogP contribution is -2.43. The third-order valence-electron chi connectivity index (χ3n) is 4.93. The summed E-state index contributed by atoms with van der Waals surface area (Å²) in [6.45, 7) is 5.50. The number of rotatable bonds is 8. The number of nitrogens with one attached hydrogen (secondary N) is 1. The van der Waals surface area contributed by atoms with E-state index in [9.17, 15) is 9.59 Å². The highest BCUT2D eigenvalue weighted by Gasteiger charge is 2.28. The molecule has 0 aliphatic rings. The molecule has 1 heterocycles. The van der Waals surface area contributed by atoms with Gasteiger partial charge in [-0.25, -0.2) is 0 Å². The third-order valence-corrected chi connectivity index (χ3v) is 4.93. The zero-order valence-corrected chi connectivity index (χ0v) is 17.5. The molecule has 8 heteroatoms. The maximum absolute atomic E-state index is 12.7. The van der Waals surface area contributed by atoms with Crippen LogP contribution in [0.5, 0.6) is 0 Å². The Hall–Kier alpha value is -3.94. The number of aromatic nitrogens is 3. The number of ether oxygens (including phenoxy) is 1. The number of amides is 1. The fraction of sp³-hybridized carbons (Fsp3) is 0.217. The number of hydrogen-bond acceptors (Lipinski definition) is 6. The molecule has 31 heavy (non-hydrogen) atoms. The lowest BCUT2D eigenvalue weighted by Gasteiger charge is -2.23. The molecule has 0 bridgehead atoms. The summed E-state index contributed by atoms with van der Waals surface area (Å²) >= 11 is 0. The summed E-state index contributed by atoms with van der Waals surface area (Å²) in [5, 5.41) is 11.2. The second kappa shape index (κ2) is 9.71. The number of nitrogens with two attached hydrogens (primary N) is 1. The van der Waals surface area contributed by atoms with Crippen molar-refractivity contribution < 1.29 is 14.3 Å². The van der Waals surface area contributed by atoms with Crippen molar-refractivity contribution in [1.29, 1.82) is 0 Å². The van der Waals surface area contributed by atoms with E-state index in [2.05, 4.69) is 22.1 Å². The van der Waals surface area contributed by atoms with E-state index in [4.69, 9.17) is 10.5 Å². The number of carbonyl (C=O) groups is 2. The Balaban J connectivity index is 1.73. The van der Waals surface area contributed by atoms with Gasteiger partial charge in [0.1, 0.15) is 0 Å². The van der Waals surface area contributed by atoms with E-state index >= 15 is 0 Å². The quantitative estimate of drug-likeness (QED) is 0.542. The fourth-order valence-electron chi connectivity index (χ4n) is 3.20. The van der Waals surface area contributed by atoms with Crippen molar-refractivity contribution in [1.82, 2.24) is 20.3 Å². The third kappa shape index (κ3) is 5.36. The van der Waals surface area contributed by atoms with E-state index in [1.807, 2.05) is 54.6 Å². The van der Waals surface area contributed by atoms with E-state index in [-0.39, 0.29) is 5.69 Å². The van der Waals surface area contributed by atoms with Gasteiger partial charge in [-0.05, 0) is 42.7 Å². The van der Waals surface area contributed by atoms with Crippen LogP contribution in [0.15, 0.2) is 67.4 Å². The summed E-state index contributed by atoms with van der Waals surface area (Å²) < 4.78 is 4.97. The largest absolute Gasteiger partial charge is 0.469 e. The number of nitrogens with zero attached hydrogens (tertiary/aromatic N) is 3. The van der Waals surface area contributed by atoms with Crippen molar-refractivity contribution in [2.45, 2.75) is 19.4 Å². The van der Waals surface area contributed by atoms with Crippen molar-refractivity contribution in [2.24, 2.45) is 11.7 Å². The van der Waals surface area contributed by atoms with Crippen LogP contribution in [0.4, 0.5) is 0 Å². The van der Waals surface area contributed by atoms with Crippen LogP contribution in [0.25, 0.3) is 11.4 Å². The molecule has 1 aromatic heterocycles. The summed E-state index contributed by atoms with van der Waals surface area (Å²) in [5.41, 5.74) is 8.78. The van der Waals surface area contributed by atoms with Crippen LogP contribution in [0.3, 0.4) is 0 Å². The standard InChI is InChI=1S/C23H25N5O3/c1-15(24)18-9-7-8-17(12-18)13-20(23(30)31-3)16(2)26-22(29)21-14-25-28(27-21)19-10-5-4-6-11-19/h4-12,14,16,20H,1,13,24H2,2-3H3,(H,26,29). The summed E-state index contributed by atoms with van der Waals surface area (Å²) in [6, 6.07) is 16.2. The molecule has 0 spiro atoms. The minimum Gasteiger partial charge on any atom is -0.469 e. The summed E-state index contributed by atoms with van der Waals surface area (Å²) in [7, 11) is 1.33. The number of benzene rings is 2. The van der Waals surface area contributed by atoms with Crippen molar-refractivity contribution in [2.75, 3.05) is 7.11 Å². The minimum atomic E-state index is -0.598. The molecule has 0 saturated heterocycles. The van der Waals surface area contributed by atoms with E-state index in [0.29, 0.717) is 12.1 Å². The zero-order valence-electron chi connectivity index (χ0n) is 17.5. The number of methoxy groups -OCH3 is 1. The molecule has 8 nitrogen and oxygen atoms in total. The Kier molecular flexibility index (Phi) is 6.81. The van der Waals surface area contributed by atoms with Crippen molar-refractivity contribution >= 4 is 17.6 Å². The average Bonchev–Trinajstić information content (AvgIpc) is 3.28. The molecule has 3 rings (SSSR count). The molecule has 2 atom stereocenters. The smallest absolute Gasteiger partial charge is 0.311 e. The van der Waals surface area contributed by atoms with E-state index in [1.54, 1.807) is 6.92 Å². The first-order chi connectivity index (χ1) is 14.9. The van der Waals surface area contributed by atoms with Gasteiger partial charge in [0.15, 0.2) is 5.69 Å². The van der Waals surface area contributed by atoms with Crippen LogP contribution >= 0.6 is 0 Å². The Bertz CT molecular complexity index is 1080. The van der Waals surface area contributed by atoms with Gasteiger partial charge in [0, 0.05) is 11.7 Å². The SMILES string of the molecule is C=C(N)c1cccc(CC(C(=O)OC)C(C)NC(=O)c2cnn(-c3ccccc3)n2)c1. The molecule has 0 fully saturated rings. The molecule has 2 aromatic carbocycles. The highest BCUT2D eigenvalue weighted by molar-refractivity contribution is 5.92. The maximum atomic E-state index is 12.7. The van der Waals surface area contributed by atoms with Crippen LogP contribution in [-0.4, -0.2) is 40.0 Å². The van der Waals surface area contributed by atoms with E-state index in [0.717, 1.165) is 16.8 Å². The normalized spacial score (nSPS) is 12.6. The molecular weight excluding hydrogens is 394 g/mol. The number of hydrogen-bond donors (Lipinski definition) is 2. The Morgan fingerprint density at radius 3 is 2.61 bits per heavy atom. The number of esters is 1. The van der Waals surface area contributed by atoms with Crippen LogP contribution in [0.1, 0.15) is 28.5 Å².